The first kappa shape index (κ1) is 7.22. The Morgan fingerprint density at radius 2 is 1.73 bits per heavy atom. The van der Waals surface area contributed by atoms with E-state index >= 15 is 0 Å². The summed E-state index contributed by atoms with van der Waals surface area (Å²) >= 11 is 0. The zero-order valence-electron chi connectivity index (χ0n) is 6.24. The van der Waals surface area contributed by atoms with Gasteiger partial charge in [-0.15, -0.1) is 0 Å². The maximum Gasteiger partial charge on any atom is 0.269 e. The van der Waals surface area contributed by atoms with Crippen LogP contribution >= 0.6 is 0 Å². The van der Waals surface area contributed by atoms with Crippen LogP contribution in [0.2, 0.25) is 0 Å². The zero-order chi connectivity index (χ0) is 7.84. The smallest absolute Gasteiger partial charge is 0.269 e. The van der Waals surface area contributed by atoms with Crippen LogP contribution in [-0.2, 0) is 0 Å². The van der Waals surface area contributed by atoms with Gasteiger partial charge in [0.2, 0.25) is 0 Å². The molecule has 0 aromatic rings. The normalized spacial score (nSPS) is 36.0. The van der Waals surface area contributed by atoms with Gasteiger partial charge < -0.3 is 5.32 Å². The molecule has 0 spiro atoms. The monoisotopic (exact) mass is 159 g/mol. The van der Waals surface area contributed by atoms with Gasteiger partial charge >= 0.3 is 0 Å². The minimum absolute atomic E-state index is 0.338. The summed E-state index contributed by atoms with van der Waals surface area (Å²) in [4.78, 5) is 0. The lowest BCUT2D eigenvalue weighted by atomic mass is 10.0. The highest BCUT2D eigenvalue weighted by Gasteiger charge is 2.31. The summed E-state index contributed by atoms with van der Waals surface area (Å²) in [6.45, 7) is 0. The van der Waals surface area contributed by atoms with Crippen LogP contribution in [0.25, 0.3) is 0 Å². The predicted octanol–water partition coefficient (Wildman–Crippen LogP) is 2.05. The Labute approximate surface area is 64.5 Å². The second-order valence-corrected chi connectivity index (χ2v) is 3.41. The van der Waals surface area contributed by atoms with Crippen molar-refractivity contribution < 1.29 is 8.78 Å². The van der Waals surface area contributed by atoms with Gasteiger partial charge in [-0.25, -0.2) is 0 Å². The first-order valence-corrected chi connectivity index (χ1v) is 4.05. The number of hydrogen-bond donors (Lipinski definition) is 1. The number of fused-ring (bicyclic) bond motifs is 2. The first-order chi connectivity index (χ1) is 5.25. The summed E-state index contributed by atoms with van der Waals surface area (Å²) in [5.74, 6) is 0. The van der Waals surface area contributed by atoms with Gasteiger partial charge in [0.25, 0.3) is 6.08 Å². The molecule has 2 atom stereocenters. The standard InChI is InChI=1S/C8H11F2N/c9-8(10)5-3-6-1-2-7(4-5)11-6/h6-7,11H,1-4H2. The van der Waals surface area contributed by atoms with Crippen molar-refractivity contribution >= 4 is 0 Å². The molecule has 62 valence electrons. The maximum absolute atomic E-state index is 12.1. The van der Waals surface area contributed by atoms with Gasteiger partial charge in [0.1, 0.15) is 0 Å². The molecule has 1 nitrogen and oxygen atoms in total. The zero-order valence-corrected chi connectivity index (χ0v) is 6.24. The molecule has 0 aromatic heterocycles. The Kier molecular flexibility index (Phi) is 1.68. The summed E-state index contributed by atoms with van der Waals surface area (Å²) in [7, 11) is 0. The second kappa shape index (κ2) is 2.55. The second-order valence-electron chi connectivity index (χ2n) is 3.41. The van der Waals surface area contributed by atoms with E-state index in [-0.39, 0.29) is 0 Å². The van der Waals surface area contributed by atoms with Crippen LogP contribution in [0, 0.1) is 0 Å². The largest absolute Gasteiger partial charge is 0.311 e. The van der Waals surface area contributed by atoms with Crippen molar-refractivity contribution in [3.8, 4) is 0 Å². The summed E-state index contributed by atoms with van der Waals surface area (Å²) < 4.78 is 24.3. The van der Waals surface area contributed by atoms with E-state index in [1.165, 1.54) is 0 Å². The molecule has 2 bridgehead atoms. The molecule has 2 unspecified atom stereocenters. The number of halogens is 2. The van der Waals surface area contributed by atoms with E-state index < -0.39 is 6.08 Å². The molecular weight excluding hydrogens is 148 g/mol. The van der Waals surface area contributed by atoms with E-state index in [9.17, 15) is 8.78 Å². The molecule has 1 N–H and O–H groups in total. The van der Waals surface area contributed by atoms with Crippen molar-refractivity contribution in [1.82, 2.24) is 5.32 Å². The minimum Gasteiger partial charge on any atom is -0.311 e. The Bertz CT molecular complexity index is 182. The van der Waals surface area contributed by atoms with Crippen molar-refractivity contribution in [3.63, 3.8) is 0 Å². The molecule has 11 heavy (non-hydrogen) atoms. The molecule has 3 heteroatoms. The summed E-state index contributed by atoms with van der Waals surface area (Å²) in [5, 5.41) is 3.31. The van der Waals surface area contributed by atoms with Gasteiger partial charge in [0, 0.05) is 12.1 Å². The Balaban J connectivity index is 2.14. The van der Waals surface area contributed by atoms with Crippen molar-refractivity contribution in [2.24, 2.45) is 0 Å². The summed E-state index contributed by atoms with van der Waals surface area (Å²) in [6, 6.07) is 0.676. The average Bonchev–Trinajstić information content (AvgIpc) is 2.30. The van der Waals surface area contributed by atoms with Gasteiger partial charge in [-0.05, 0) is 31.3 Å². The van der Waals surface area contributed by atoms with E-state index in [2.05, 4.69) is 5.32 Å². The van der Waals surface area contributed by atoms with Crippen LogP contribution in [-0.4, -0.2) is 12.1 Å². The topological polar surface area (TPSA) is 12.0 Å². The molecule has 2 saturated heterocycles. The van der Waals surface area contributed by atoms with E-state index in [0.717, 1.165) is 12.8 Å². The van der Waals surface area contributed by atoms with Crippen molar-refractivity contribution in [2.75, 3.05) is 0 Å². The third kappa shape index (κ3) is 1.29. The van der Waals surface area contributed by atoms with E-state index in [4.69, 9.17) is 0 Å². The van der Waals surface area contributed by atoms with Gasteiger partial charge in [0.05, 0.1) is 0 Å². The van der Waals surface area contributed by atoms with Crippen LogP contribution in [0.1, 0.15) is 25.7 Å². The third-order valence-electron chi connectivity index (χ3n) is 2.59. The highest BCUT2D eigenvalue weighted by Crippen LogP contribution is 2.32. The quantitative estimate of drug-likeness (QED) is 0.570. The highest BCUT2D eigenvalue weighted by atomic mass is 19.3. The first-order valence-electron chi connectivity index (χ1n) is 4.05. The van der Waals surface area contributed by atoms with Gasteiger partial charge in [0.15, 0.2) is 0 Å². The van der Waals surface area contributed by atoms with Crippen molar-refractivity contribution in [1.29, 1.82) is 0 Å². The van der Waals surface area contributed by atoms with Crippen molar-refractivity contribution in [3.05, 3.63) is 11.7 Å². The number of nitrogens with one attached hydrogen (secondary N) is 1. The van der Waals surface area contributed by atoms with Crippen LogP contribution in [0.3, 0.4) is 0 Å². The van der Waals surface area contributed by atoms with E-state index in [0.29, 0.717) is 30.5 Å². The van der Waals surface area contributed by atoms with Crippen LogP contribution in [0.5, 0.6) is 0 Å². The fraction of sp³-hybridized carbons (Fsp3) is 0.750. The summed E-state index contributed by atoms with van der Waals surface area (Å²) in [5.41, 5.74) is 0.385. The predicted molar refractivity (Wildman–Crippen MR) is 38.4 cm³/mol. The van der Waals surface area contributed by atoms with Crippen LogP contribution in [0.15, 0.2) is 11.7 Å². The highest BCUT2D eigenvalue weighted by molar-refractivity contribution is 5.13. The molecule has 2 heterocycles. The molecule has 2 aliphatic heterocycles. The molecular formula is C8H11F2N. The van der Waals surface area contributed by atoms with Gasteiger partial charge in [-0.3, -0.25) is 0 Å². The minimum atomic E-state index is -1.44. The van der Waals surface area contributed by atoms with Crippen molar-refractivity contribution in [2.45, 2.75) is 37.8 Å². The maximum atomic E-state index is 12.1. The SMILES string of the molecule is FC(F)=C1CC2CCC(C1)N2. The number of rotatable bonds is 0. The van der Waals surface area contributed by atoms with Crippen LogP contribution < -0.4 is 5.32 Å². The molecule has 2 aliphatic rings. The fourth-order valence-electron chi connectivity index (χ4n) is 2.06. The molecule has 2 fully saturated rings. The molecule has 0 aliphatic carbocycles. The lowest BCUT2D eigenvalue weighted by Gasteiger charge is -2.22. The lowest BCUT2D eigenvalue weighted by Crippen LogP contribution is -2.34. The molecule has 0 aromatic carbocycles. The third-order valence-corrected chi connectivity index (χ3v) is 2.59. The Hall–Kier alpha value is -0.440. The molecule has 2 rings (SSSR count). The van der Waals surface area contributed by atoms with Gasteiger partial charge in [-0.1, -0.05) is 0 Å². The lowest BCUT2D eigenvalue weighted by molar-refractivity contribution is 0.376. The van der Waals surface area contributed by atoms with E-state index in [1.807, 2.05) is 0 Å². The molecule has 0 saturated carbocycles. The van der Waals surface area contributed by atoms with E-state index in [1.54, 1.807) is 0 Å². The number of hydrogen-bond acceptors (Lipinski definition) is 1. The average molecular weight is 159 g/mol. The number of piperidine rings is 1. The molecule has 0 amide bonds. The summed E-state index contributed by atoms with van der Waals surface area (Å²) in [6.07, 6.45) is 1.84. The molecule has 0 radical (unpaired) electrons. The van der Waals surface area contributed by atoms with Gasteiger partial charge in [-0.2, -0.15) is 8.78 Å². The van der Waals surface area contributed by atoms with Crippen LogP contribution in [0.4, 0.5) is 8.78 Å². The Morgan fingerprint density at radius 3 is 2.18 bits per heavy atom. The fourth-order valence-corrected chi connectivity index (χ4v) is 2.06. The Morgan fingerprint density at radius 1 is 1.18 bits per heavy atom.